The van der Waals surface area contributed by atoms with Crippen LogP contribution in [0.4, 0.5) is 5.82 Å². The average Bonchev–Trinajstić information content (AvgIpc) is 2.87. The van der Waals surface area contributed by atoms with Gasteiger partial charge in [-0.25, -0.2) is 0 Å². The largest absolute Gasteiger partial charge is 0.496 e. The number of anilines is 1. The molecule has 5 nitrogen and oxygen atoms in total. The summed E-state index contributed by atoms with van der Waals surface area (Å²) in [5.74, 6) is 1.16. The molecule has 0 aliphatic heterocycles. The number of carbonyl (C=O) groups is 1. The molecule has 1 aromatic heterocycles. The molecule has 5 heteroatoms. The minimum Gasteiger partial charge on any atom is -0.496 e. The van der Waals surface area contributed by atoms with Gasteiger partial charge in [0.05, 0.1) is 12.7 Å². The lowest BCUT2D eigenvalue weighted by Crippen LogP contribution is -2.13. The van der Waals surface area contributed by atoms with Crippen molar-refractivity contribution in [2.24, 2.45) is 0 Å². The van der Waals surface area contributed by atoms with Gasteiger partial charge in [-0.05, 0) is 18.1 Å². The van der Waals surface area contributed by atoms with E-state index in [1.807, 2.05) is 12.1 Å². The first-order chi connectivity index (χ1) is 9.11. The van der Waals surface area contributed by atoms with Crippen molar-refractivity contribution in [2.45, 2.75) is 19.8 Å². The van der Waals surface area contributed by atoms with Crippen LogP contribution < -0.4 is 10.1 Å². The summed E-state index contributed by atoms with van der Waals surface area (Å²) in [5, 5.41) is 9.70. The van der Waals surface area contributed by atoms with Gasteiger partial charge in [-0.1, -0.05) is 26.0 Å². The second-order valence-corrected chi connectivity index (χ2v) is 4.52. The van der Waals surface area contributed by atoms with Gasteiger partial charge < -0.3 is 10.1 Å². The first kappa shape index (κ1) is 13.1. The minimum atomic E-state index is -0.237. The Balaban J connectivity index is 2.16. The Labute approximate surface area is 112 Å². The monoisotopic (exact) mass is 259 g/mol. The van der Waals surface area contributed by atoms with Gasteiger partial charge in [-0.15, -0.1) is 0 Å². The molecule has 2 N–H and O–H groups in total. The molecule has 0 atom stereocenters. The SMILES string of the molecule is COc1ccccc1C(=O)Nc1cc(C(C)C)[nH]n1. The summed E-state index contributed by atoms with van der Waals surface area (Å²) >= 11 is 0. The van der Waals surface area contributed by atoms with Crippen LogP contribution in [-0.2, 0) is 0 Å². The van der Waals surface area contributed by atoms with E-state index in [9.17, 15) is 4.79 Å². The molecule has 100 valence electrons. The zero-order chi connectivity index (χ0) is 13.8. The summed E-state index contributed by atoms with van der Waals surface area (Å²) in [4.78, 5) is 12.1. The number of nitrogens with zero attached hydrogens (tertiary/aromatic N) is 1. The van der Waals surface area contributed by atoms with Crippen molar-refractivity contribution >= 4 is 11.7 Å². The molecule has 1 aromatic carbocycles. The van der Waals surface area contributed by atoms with Gasteiger partial charge in [0.2, 0.25) is 0 Å². The predicted molar refractivity (Wildman–Crippen MR) is 73.6 cm³/mol. The number of hydrogen-bond donors (Lipinski definition) is 2. The lowest BCUT2D eigenvalue weighted by molar-refractivity contribution is 0.102. The zero-order valence-corrected chi connectivity index (χ0v) is 11.2. The summed E-state index contributed by atoms with van der Waals surface area (Å²) in [5.41, 5.74) is 1.47. The molecular formula is C14H17N3O2. The highest BCUT2D eigenvalue weighted by Gasteiger charge is 2.13. The lowest BCUT2D eigenvalue weighted by Gasteiger charge is -2.07. The van der Waals surface area contributed by atoms with Gasteiger partial charge >= 0.3 is 0 Å². The summed E-state index contributed by atoms with van der Waals surface area (Å²) in [6, 6.07) is 8.91. The van der Waals surface area contributed by atoms with Crippen LogP contribution in [0.1, 0.15) is 35.8 Å². The number of rotatable bonds is 4. The standard InChI is InChI=1S/C14H17N3O2/c1-9(2)11-8-13(17-16-11)15-14(18)10-6-4-5-7-12(10)19-3/h4-9H,1-3H3,(H2,15,16,17,18). The van der Waals surface area contributed by atoms with Crippen LogP contribution in [0.15, 0.2) is 30.3 Å². The van der Waals surface area contributed by atoms with Gasteiger partial charge in [-0.3, -0.25) is 9.89 Å². The number of methoxy groups -OCH3 is 1. The Morgan fingerprint density at radius 2 is 2.11 bits per heavy atom. The second kappa shape index (κ2) is 5.56. The van der Waals surface area contributed by atoms with Crippen LogP contribution in [0.2, 0.25) is 0 Å². The van der Waals surface area contributed by atoms with E-state index in [1.165, 1.54) is 7.11 Å². The van der Waals surface area contributed by atoms with Crippen molar-refractivity contribution in [3.05, 3.63) is 41.6 Å². The number of para-hydroxylation sites is 1. The first-order valence-electron chi connectivity index (χ1n) is 6.11. The molecule has 0 unspecified atom stereocenters. The molecule has 0 saturated carbocycles. The van der Waals surface area contributed by atoms with E-state index < -0.39 is 0 Å². The maximum atomic E-state index is 12.1. The molecule has 0 aliphatic carbocycles. The highest BCUT2D eigenvalue weighted by Crippen LogP contribution is 2.20. The molecular weight excluding hydrogens is 242 g/mol. The van der Waals surface area contributed by atoms with Crippen molar-refractivity contribution in [2.75, 3.05) is 12.4 Å². The van der Waals surface area contributed by atoms with Crippen LogP contribution in [-0.4, -0.2) is 23.2 Å². The highest BCUT2D eigenvalue weighted by molar-refractivity contribution is 6.05. The van der Waals surface area contributed by atoms with E-state index in [0.29, 0.717) is 23.0 Å². The third kappa shape index (κ3) is 2.93. The van der Waals surface area contributed by atoms with Crippen LogP contribution >= 0.6 is 0 Å². The number of amides is 1. The van der Waals surface area contributed by atoms with E-state index in [2.05, 4.69) is 29.4 Å². The van der Waals surface area contributed by atoms with E-state index in [4.69, 9.17) is 4.74 Å². The molecule has 19 heavy (non-hydrogen) atoms. The molecule has 0 saturated heterocycles. The van der Waals surface area contributed by atoms with Crippen LogP contribution in [0.3, 0.4) is 0 Å². The third-order valence-corrected chi connectivity index (χ3v) is 2.81. The van der Waals surface area contributed by atoms with Crippen LogP contribution in [0.5, 0.6) is 5.75 Å². The molecule has 2 rings (SSSR count). The number of ether oxygens (including phenoxy) is 1. The smallest absolute Gasteiger partial charge is 0.260 e. The van der Waals surface area contributed by atoms with E-state index in [0.717, 1.165) is 5.69 Å². The quantitative estimate of drug-likeness (QED) is 0.887. The van der Waals surface area contributed by atoms with Crippen molar-refractivity contribution in [1.82, 2.24) is 10.2 Å². The molecule has 0 bridgehead atoms. The van der Waals surface area contributed by atoms with Crippen molar-refractivity contribution in [3.8, 4) is 5.75 Å². The highest BCUT2D eigenvalue weighted by atomic mass is 16.5. The van der Waals surface area contributed by atoms with E-state index >= 15 is 0 Å². The normalized spacial score (nSPS) is 10.5. The van der Waals surface area contributed by atoms with Gasteiger partial charge in [0.15, 0.2) is 5.82 Å². The van der Waals surface area contributed by atoms with Gasteiger partial charge in [0, 0.05) is 11.8 Å². The maximum absolute atomic E-state index is 12.1. The summed E-state index contributed by atoms with van der Waals surface area (Å²) in [6.45, 7) is 4.11. The number of benzene rings is 1. The van der Waals surface area contributed by atoms with E-state index in [-0.39, 0.29) is 5.91 Å². The van der Waals surface area contributed by atoms with Crippen LogP contribution in [0, 0.1) is 0 Å². The average molecular weight is 259 g/mol. The number of hydrogen-bond acceptors (Lipinski definition) is 3. The fraction of sp³-hybridized carbons (Fsp3) is 0.286. The Morgan fingerprint density at radius 3 is 2.74 bits per heavy atom. The molecule has 1 heterocycles. The van der Waals surface area contributed by atoms with Crippen LogP contribution in [0.25, 0.3) is 0 Å². The molecule has 0 spiro atoms. The number of nitrogens with one attached hydrogen (secondary N) is 2. The molecule has 1 amide bonds. The molecule has 0 fully saturated rings. The third-order valence-electron chi connectivity index (χ3n) is 2.81. The Morgan fingerprint density at radius 1 is 1.37 bits per heavy atom. The molecule has 0 aliphatic rings. The number of carbonyl (C=O) groups excluding carboxylic acids is 1. The first-order valence-corrected chi connectivity index (χ1v) is 6.11. The number of H-pyrrole nitrogens is 1. The Hall–Kier alpha value is -2.30. The fourth-order valence-corrected chi connectivity index (χ4v) is 1.71. The molecule has 0 radical (unpaired) electrons. The topological polar surface area (TPSA) is 67.0 Å². The lowest BCUT2D eigenvalue weighted by atomic mass is 10.1. The van der Waals surface area contributed by atoms with E-state index in [1.54, 1.807) is 18.2 Å². The van der Waals surface area contributed by atoms with Crippen molar-refractivity contribution < 1.29 is 9.53 Å². The van der Waals surface area contributed by atoms with Crippen molar-refractivity contribution in [3.63, 3.8) is 0 Å². The maximum Gasteiger partial charge on any atom is 0.260 e. The number of aromatic amines is 1. The van der Waals surface area contributed by atoms with Gasteiger partial charge in [-0.2, -0.15) is 5.10 Å². The number of aromatic nitrogens is 2. The van der Waals surface area contributed by atoms with Crippen molar-refractivity contribution in [1.29, 1.82) is 0 Å². The Kier molecular flexibility index (Phi) is 3.85. The summed E-state index contributed by atoms with van der Waals surface area (Å²) in [6.07, 6.45) is 0. The second-order valence-electron chi connectivity index (χ2n) is 4.52. The minimum absolute atomic E-state index is 0.237. The van der Waals surface area contributed by atoms with Gasteiger partial charge in [0.25, 0.3) is 5.91 Å². The summed E-state index contributed by atoms with van der Waals surface area (Å²) < 4.78 is 5.16. The summed E-state index contributed by atoms with van der Waals surface area (Å²) in [7, 11) is 1.54. The fourth-order valence-electron chi connectivity index (χ4n) is 1.71. The predicted octanol–water partition coefficient (Wildman–Crippen LogP) is 2.79. The molecule has 2 aromatic rings. The van der Waals surface area contributed by atoms with Gasteiger partial charge in [0.1, 0.15) is 5.75 Å². The Bertz CT molecular complexity index is 576. The zero-order valence-electron chi connectivity index (χ0n) is 11.2.